The third kappa shape index (κ3) is 2.29. The summed E-state index contributed by atoms with van der Waals surface area (Å²) in [5, 5.41) is 0.448. The molecule has 0 amide bonds. The molecular weight excluding hydrogens is 213 g/mol. The molecule has 0 saturated heterocycles. The third-order valence-corrected chi connectivity index (χ3v) is 2.27. The summed E-state index contributed by atoms with van der Waals surface area (Å²) in [5.41, 5.74) is -0.189. The van der Waals surface area contributed by atoms with E-state index in [0.29, 0.717) is 10.6 Å². The molecule has 76 valence electrons. The van der Waals surface area contributed by atoms with Crippen LogP contribution in [0.5, 0.6) is 0 Å². The first-order chi connectivity index (χ1) is 6.32. The largest absolute Gasteiger partial charge is 0.416 e. The van der Waals surface area contributed by atoms with Gasteiger partial charge in [-0.05, 0) is 30.2 Å². The Bertz CT molecular complexity index is 366. The van der Waals surface area contributed by atoms with Gasteiger partial charge in [0.25, 0.3) is 0 Å². The summed E-state index contributed by atoms with van der Waals surface area (Å²) in [5.74, 6) is 0. The van der Waals surface area contributed by atoms with Crippen molar-refractivity contribution >= 4 is 17.2 Å². The van der Waals surface area contributed by atoms with Crippen LogP contribution >= 0.6 is 11.6 Å². The molecule has 0 radical (unpaired) electrons. The lowest BCUT2D eigenvalue weighted by Gasteiger charge is -2.10. The Hall–Kier alpha value is -0.960. The molecule has 0 fully saturated rings. The summed E-state index contributed by atoms with van der Waals surface area (Å²) in [7, 11) is 0. The van der Waals surface area contributed by atoms with Crippen molar-refractivity contribution in [2.75, 3.05) is 0 Å². The standard InChI is InChI=1S/C10H8ClF3/c1-6-5-8(3-4-9(6)11)7(2)10(12,13)14/h3-5H,2H2,1H3. The molecule has 0 saturated carbocycles. The van der Waals surface area contributed by atoms with Crippen molar-refractivity contribution in [1.29, 1.82) is 0 Å². The van der Waals surface area contributed by atoms with Crippen LogP contribution in [-0.4, -0.2) is 6.18 Å². The molecule has 0 unspecified atom stereocenters. The van der Waals surface area contributed by atoms with Crippen LogP contribution in [0.25, 0.3) is 5.57 Å². The number of halogens is 4. The normalized spacial score (nSPS) is 11.5. The maximum atomic E-state index is 12.2. The average molecular weight is 221 g/mol. The van der Waals surface area contributed by atoms with Crippen LogP contribution in [0.1, 0.15) is 11.1 Å². The zero-order chi connectivity index (χ0) is 10.9. The van der Waals surface area contributed by atoms with Crippen molar-refractivity contribution in [1.82, 2.24) is 0 Å². The van der Waals surface area contributed by atoms with Gasteiger partial charge in [-0.25, -0.2) is 0 Å². The van der Waals surface area contributed by atoms with Crippen molar-refractivity contribution in [2.24, 2.45) is 0 Å². The van der Waals surface area contributed by atoms with E-state index in [4.69, 9.17) is 11.6 Å². The van der Waals surface area contributed by atoms with E-state index in [1.165, 1.54) is 18.2 Å². The fourth-order valence-corrected chi connectivity index (χ4v) is 1.11. The Labute approximate surface area is 85.0 Å². The van der Waals surface area contributed by atoms with Crippen LogP contribution in [0.15, 0.2) is 24.8 Å². The summed E-state index contributed by atoms with van der Waals surface area (Å²) in [4.78, 5) is 0. The van der Waals surface area contributed by atoms with E-state index in [9.17, 15) is 13.2 Å². The van der Waals surface area contributed by atoms with Gasteiger partial charge in [-0.15, -0.1) is 0 Å². The molecule has 0 aliphatic heterocycles. The maximum Gasteiger partial charge on any atom is 0.416 e. The Balaban J connectivity index is 3.10. The van der Waals surface area contributed by atoms with E-state index in [2.05, 4.69) is 6.58 Å². The predicted octanol–water partition coefficient (Wildman–Crippen LogP) is 4.22. The molecule has 0 atom stereocenters. The van der Waals surface area contributed by atoms with Gasteiger partial charge in [0.2, 0.25) is 0 Å². The molecule has 0 heterocycles. The molecular formula is C10H8ClF3. The highest BCUT2D eigenvalue weighted by Gasteiger charge is 2.32. The Morgan fingerprint density at radius 3 is 2.36 bits per heavy atom. The second kappa shape index (κ2) is 3.65. The number of benzene rings is 1. The predicted molar refractivity (Wildman–Crippen MR) is 51.3 cm³/mol. The lowest BCUT2D eigenvalue weighted by atomic mass is 10.0. The topological polar surface area (TPSA) is 0 Å². The van der Waals surface area contributed by atoms with E-state index in [-0.39, 0.29) is 5.56 Å². The van der Waals surface area contributed by atoms with Gasteiger partial charge in [0.15, 0.2) is 0 Å². The lowest BCUT2D eigenvalue weighted by Crippen LogP contribution is -2.09. The molecule has 0 nitrogen and oxygen atoms in total. The highest BCUT2D eigenvalue weighted by molar-refractivity contribution is 6.31. The number of rotatable bonds is 1. The molecule has 1 rings (SSSR count). The minimum absolute atomic E-state index is 0.0550. The van der Waals surface area contributed by atoms with E-state index in [1.807, 2.05) is 0 Å². The Morgan fingerprint density at radius 1 is 1.36 bits per heavy atom. The van der Waals surface area contributed by atoms with Crippen LogP contribution in [0.2, 0.25) is 5.02 Å². The fraction of sp³-hybridized carbons (Fsp3) is 0.200. The van der Waals surface area contributed by atoms with Crippen LogP contribution in [0, 0.1) is 6.92 Å². The fourth-order valence-electron chi connectivity index (χ4n) is 0.996. The van der Waals surface area contributed by atoms with E-state index in [0.717, 1.165) is 0 Å². The Kier molecular flexibility index (Phi) is 2.90. The van der Waals surface area contributed by atoms with Crippen molar-refractivity contribution in [3.63, 3.8) is 0 Å². The molecule has 0 spiro atoms. The first kappa shape index (κ1) is 11.1. The molecule has 0 N–H and O–H groups in total. The summed E-state index contributed by atoms with van der Waals surface area (Å²) in [6, 6.07) is 4.12. The van der Waals surface area contributed by atoms with Gasteiger partial charge < -0.3 is 0 Å². The molecule has 0 aliphatic carbocycles. The molecule has 0 aromatic heterocycles. The first-order valence-corrected chi connectivity index (χ1v) is 4.23. The van der Waals surface area contributed by atoms with Crippen molar-refractivity contribution < 1.29 is 13.2 Å². The van der Waals surface area contributed by atoms with Gasteiger partial charge in [0, 0.05) is 5.02 Å². The lowest BCUT2D eigenvalue weighted by molar-refractivity contribution is -0.0686. The van der Waals surface area contributed by atoms with Gasteiger partial charge in [0.05, 0.1) is 5.57 Å². The molecule has 1 aromatic carbocycles. The number of hydrogen-bond donors (Lipinski definition) is 0. The zero-order valence-electron chi connectivity index (χ0n) is 7.45. The zero-order valence-corrected chi connectivity index (χ0v) is 8.21. The van der Waals surface area contributed by atoms with Crippen molar-refractivity contribution in [2.45, 2.75) is 13.1 Å². The Morgan fingerprint density at radius 2 is 1.93 bits per heavy atom. The number of alkyl halides is 3. The second-order valence-electron chi connectivity index (χ2n) is 2.94. The van der Waals surface area contributed by atoms with Crippen LogP contribution in [0.4, 0.5) is 13.2 Å². The molecule has 4 heteroatoms. The minimum atomic E-state index is -4.39. The number of aryl methyl sites for hydroxylation is 1. The van der Waals surface area contributed by atoms with Gasteiger partial charge in [-0.1, -0.05) is 24.2 Å². The highest BCUT2D eigenvalue weighted by atomic mass is 35.5. The third-order valence-electron chi connectivity index (χ3n) is 1.85. The second-order valence-corrected chi connectivity index (χ2v) is 3.35. The summed E-state index contributed by atoms with van der Waals surface area (Å²) < 4.78 is 36.7. The summed E-state index contributed by atoms with van der Waals surface area (Å²) >= 11 is 5.69. The number of allylic oxidation sites excluding steroid dienone is 1. The monoisotopic (exact) mass is 220 g/mol. The molecule has 0 aliphatic rings. The molecule has 0 bridgehead atoms. The smallest absolute Gasteiger partial charge is 0.166 e. The van der Waals surface area contributed by atoms with Gasteiger partial charge >= 0.3 is 6.18 Å². The first-order valence-electron chi connectivity index (χ1n) is 3.85. The highest BCUT2D eigenvalue weighted by Crippen LogP contribution is 2.33. The molecule has 14 heavy (non-hydrogen) atoms. The molecule has 1 aromatic rings. The SMILES string of the molecule is C=C(c1ccc(Cl)c(C)c1)C(F)(F)F. The van der Waals surface area contributed by atoms with E-state index >= 15 is 0 Å². The van der Waals surface area contributed by atoms with Crippen molar-refractivity contribution in [3.8, 4) is 0 Å². The maximum absolute atomic E-state index is 12.2. The average Bonchev–Trinajstić information content (AvgIpc) is 2.07. The van der Waals surface area contributed by atoms with Crippen LogP contribution < -0.4 is 0 Å². The summed E-state index contributed by atoms with van der Waals surface area (Å²) in [6.07, 6.45) is -4.39. The van der Waals surface area contributed by atoms with Crippen LogP contribution in [0.3, 0.4) is 0 Å². The summed E-state index contributed by atoms with van der Waals surface area (Å²) in [6.45, 7) is 4.65. The van der Waals surface area contributed by atoms with Gasteiger partial charge in [0.1, 0.15) is 0 Å². The quantitative estimate of drug-likeness (QED) is 0.665. The van der Waals surface area contributed by atoms with Crippen LogP contribution in [-0.2, 0) is 0 Å². The van der Waals surface area contributed by atoms with Gasteiger partial charge in [-0.2, -0.15) is 13.2 Å². The number of hydrogen-bond acceptors (Lipinski definition) is 0. The van der Waals surface area contributed by atoms with Gasteiger partial charge in [-0.3, -0.25) is 0 Å². The minimum Gasteiger partial charge on any atom is -0.166 e. The van der Waals surface area contributed by atoms with E-state index < -0.39 is 11.7 Å². The van der Waals surface area contributed by atoms with Crippen molar-refractivity contribution in [3.05, 3.63) is 40.9 Å². The van der Waals surface area contributed by atoms with E-state index in [1.54, 1.807) is 6.92 Å².